The van der Waals surface area contributed by atoms with Crippen LogP contribution in [0.1, 0.15) is 29.5 Å². The van der Waals surface area contributed by atoms with E-state index in [0.29, 0.717) is 17.7 Å². The summed E-state index contributed by atoms with van der Waals surface area (Å²) in [5.74, 6) is 0. The van der Waals surface area contributed by atoms with Crippen molar-refractivity contribution >= 4 is 10.8 Å². The molecule has 1 fully saturated rings. The number of ether oxygens (including phenoxy) is 1. The van der Waals surface area contributed by atoms with Crippen LogP contribution in [0.4, 0.5) is 13.2 Å². The monoisotopic (exact) mass is 475 g/mol. The zero-order valence-electron chi connectivity index (χ0n) is 19.4. The molecule has 1 aliphatic rings. The van der Waals surface area contributed by atoms with Crippen LogP contribution in [-0.2, 0) is 22.9 Å². The third kappa shape index (κ3) is 5.12. The molecule has 0 aliphatic carbocycles. The second-order valence-electron chi connectivity index (χ2n) is 9.33. The Labute approximate surface area is 203 Å². The van der Waals surface area contributed by atoms with Gasteiger partial charge in [0.15, 0.2) is 0 Å². The lowest BCUT2D eigenvalue weighted by Crippen LogP contribution is -2.43. The molecule has 0 unspecified atom stereocenters. The van der Waals surface area contributed by atoms with Gasteiger partial charge in [0.25, 0.3) is 0 Å². The predicted octanol–water partition coefficient (Wildman–Crippen LogP) is 7.36. The van der Waals surface area contributed by atoms with Gasteiger partial charge in [-0.15, -0.1) is 0 Å². The number of hydrogen-bond donors (Lipinski definition) is 1. The Morgan fingerprint density at radius 3 is 2.29 bits per heavy atom. The van der Waals surface area contributed by atoms with Crippen LogP contribution in [0.2, 0.25) is 0 Å². The third-order valence-corrected chi connectivity index (χ3v) is 7.01. The molecule has 5 rings (SSSR count). The van der Waals surface area contributed by atoms with Crippen molar-refractivity contribution < 1.29 is 17.9 Å². The van der Waals surface area contributed by atoms with Gasteiger partial charge < -0.3 is 10.1 Å². The molecule has 4 aromatic rings. The largest absolute Gasteiger partial charge is 0.416 e. The second kappa shape index (κ2) is 9.84. The summed E-state index contributed by atoms with van der Waals surface area (Å²) in [5, 5.41) is 5.33. The standard InChI is InChI=1S/C30H28F3NO/c31-30(32,33)26-18-22(17-24(19-26)28-12-6-8-23-7-4-5-11-27(23)28)20-35-21-29(13-15-34-16-14-29)25-9-2-1-3-10-25/h1-12,17-19,34H,13-16,20-21H2. The lowest BCUT2D eigenvalue weighted by Gasteiger charge is -2.38. The molecule has 1 N–H and O–H groups in total. The Balaban J connectivity index is 1.45. The van der Waals surface area contributed by atoms with Crippen LogP contribution in [0.3, 0.4) is 0 Å². The lowest BCUT2D eigenvalue weighted by atomic mass is 9.74. The van der Waals surface area contributed by atoms with Crippen LogP contribution in [-0.4, -0.2) is 19.7 Å². The number of fused-ring (bicyclic) bond motifs is 1. The minimum absolute atomic E-state index is 0.129. The molecule has 0 atom stereocenters. The molecule has 0 bridgehead atoms. The van der Waals surface area contributed by atoms with Crippen molar-refractivity contribution in [2.75, 3.05) is 19.7 Å². The van der Waals surface area contributed by atoms with Gasteiger partial charge in [0, 0.05) is 5.41 Å². The number of alkyl halides is 3. The lowest BCUT2D eigenvalue weighted by molar-refractivity contribution is -0.137. The Morgan fingerprint density at radius 1 is 0.800 bits per heavy atom. The number of halogens is 3. The second-order valence-corrected chi connectivity index (χ2v) is 9.33. The van der Waals surface area contributed by atoms with Gasteiger partial charge in [-0.05, 0) is 77.2 Å². The fourth-order valence-corrected chi connectivity index (χ4v) is 5.15. The molecular weight excluding hydrogens is 447 g/mol. The average Bonchev–Trinajstić information content (AvgIpc) is 2.89. The van der Waals surface area contributed by atoms with E-state index in [0.717, 1.165) is 42.3 Å². The first-order valence-electron chi connectivity index (χ1n) is 12.0. The van der Waals surface area contributed by atoms with E-state index in [1.807, 2.05) is 66.7 Å². The van der Waals surface area contributed by atoms with Gasteiger partial charge in [0.2, 0.25) is 0 Å². The molecule has 2 nitrogen and oxygen atoms in total. The van der Waals surface area contributed by atoms with Gasteiger partial charge in [0.05, 0.1) is 18.8 Å². The number of piperidine rings is 1. The van der Waals surface area contributed by atoms with Gasteiger partial charge in [-0.2, -0.15) is 13.2 Å². The molecule has 0 aromatic heterocycles. The first-order valence-corrected chi connectivity index (χ1v) is 12.0. The van der Waals surface area contributed by atoms with E-state index in [-0.39, 0.29) is 12.0 Å². The van der Waals surface area contributed by atoms with Crippen LogP contribution in [0.25, 0.3) is 21.9 Å². The molecule has 1 saturated heterocycles. The summed E-state index contributed by atoms with van der Waals surface area (Å²) in [6, 6.07) is 28.1. The molecule has 1 aliphatic heterocycles. The van der Waals surface area contributed by atoms with Gasteiger partial charge in [-0.3, -0.25) is 0 Å². The summed E-state index contributed by atoms with van der Waals surface area (Å²) in [7, 11) is 0. The SMILES string of the molecule is FC(F)(F)c1cc(COCC2(c3ccccc3)CCNCC2)cc(-c2cccc3ccccc23)c1. The fourth-order valence-electron chi connectivity index (χ4n) is 5.15. The van der Waals surface area contributed by atoms with Crippen LogP contribution in [0, 0.1) is 0 Å². The quantitative estimate of drug-likeness (QED) is 0.314. The number of rotatable bonds is 6. The minimum atomic E-state index is -4.43. The summed E-state index contributed by atoms with van der Waals surface area (Å²) in [6.07, 6.45) is -2.57. The van der Waals surface area contributed by atoms with Crippen molar-refractivity contribution in [3.8, 4) is 11.1 Å². The van der Waals surface area contributed by atoms with E-state index in [4.69, 9.17) is 4.74 Å². The smallest absolute Gasteiger partial charge is 0.376 e. The average molecular weight is 476 g/mol. The highest BCUT2D eigenvalue weighted by Crippen LogP contribution is 2.37. The molecule has 4 aromatic carbocycles. The Morgan fingerprint density at radius 2 is 1.51 bits per heavy atom. The molecule has 35 heavy (non-hydrogen) atoms. The first-order chi connectivity index (χ1) is 16.9. The van der Waals surface area contributed by atoms with Crippen molar-refractivity contribution in [2.45, 2.75) is 31.0 Å². The van der Waals surface area contributed by atoms with Gasteiger partial charge in [-0.1, -0.05) is 72.8 Å². The molecule has 0 spiro atoms. The molecular formula is C30H28F3NO. The maximum Gasteiger partial charge on any atom is 0.416 e. The maximum absolute atomic E-state index is 13.8. The van der Waals surface area contributed by atoms with E-state index in [9.17, 15) is 13.2 Å². The van der Waals surface area contributed by atoms with Crippen LogP contribution in [0.5, 0.6) is 0 Å². The normalized spacial score (nSPS) is 15.9. The van der Waals surface area contributed by atoms with Crippen LogP contribution >= 0.6 is 0 Å². The van der Waals surface area contributed by atoms with E-state index in [1.165, 1.54) is 17.7 Å². The highest BCUT2D eigenvalue weighted by atomic mass is 19.4. The Bertz CT molecular complexity index is 1290. The van der Waals surface area contributed by atoms with Gasteiger partial charge in [-0.25, -0.2) is 0 Å². The van der Waals surface area contributed by atoms with Gasteiger partial charge in [0.1, 0.15) is 0 Å². The zero-order valence-corrected chi connectivity index (χ0v) is 19.4. The number of hydrogen-bond acceptors (Lipinski definition) is 2. The summed E-state index contributed by atoms with van der Waals surface area (Å²) in [4.78, 5) is 0. The molecule has 0 saturated carbocycles. The predicted molar refractivity (Wildman–Crippen MR) is 134 cm³/mol. The first kappa shape index (κ1) is 23.6. The van der Waals surface area contributed by atoms with Crippen molar-refractivity contribution in [1.82, 2.24) is 5.32 Å². The summed E-state index contributed by atoms with van der Waals surface area (Å²) >= 11 is 0. The summed E-state index contributed by atoms with van der Waals surface area (Å²) < 4.78 is 47.6. The van der Waals surface area contributed by atoms with Crippen molar-refractivity contribution in [3.05, 3.63) is 108 Å². The zero-order chi connectivity index (χ0) is 24.3. The Hall–Kier alpha value is -3.15. The minimum Gasteiger partial charge on any atom is -0.376 e. The van der Waals surface area contributed by atoms with E-state index in [1.54, 1.807) is 0 Å². The van der Waals surface area contributed by atoms with E-state index >= 15 is 0 Å². The fraction of sp³-hybridized carbons (Fsp3) is 0.267. The van der Waals surface area contributed by atoms with Gasteiger partial charge >= 0.3 is 6.18 Å². The van der Waals surface area contributed by atoms with E-state index in [2.05, 4.69) is 17.4 Å². The highest BCUT2D eigenvalue weighted by Gasteiger charge is 2.34. The van der Waals surface area contributed by atoms with Crippen LogP contribution in [0.15, 0.2) is 91.0 Å². The van der Waals surface area contributed by atoms with Crippen LogP contribution < -0.4 is 5.32 Å². The molecule has 180 valence electrons. The molecule has 0 amide bonds. The topological polar surface area (TPSA) is 21.3 Å². The summed E-state index contributed by atoms with van der Waals surface area (Å²) in [5.41, 5.74) is 2.31. The van der Waals surface area contributed by atoms with Crippen molar-refractivity contribution in [2.24, 2.45) is 0 Å². The summed E-state index contributed by atoms with van der Waals surface area (Å²) in [6.45, 7) is 2.39. The van der Waals surface area contributed by atoms with Crippen molar-refractivity contribution in [1.29, 1.82) is 0 Å². The molecule has 5 heteroatoms. The highest BCUT2D eigenvalue weighted by molar-refractivity contribution is 5.96. The molecule has 0 radical (unpaired) electrons. The number of nitrogens with one attached hydrogen (secondary N) is 1. The van der Waals surface area contributed by atoms with E-state index < -0.39 is 11.7 Å². The Kier molecular flexibility index (Phi) is 6.63. The van der Waals surface area contributed by atoms with Crippen molar-refractivity contribution in [3.63, 3.8) is 0 Å². The maximum atomic E-state index is 13.8. The molecule has 1 heterocycles. The third-order valence-electron chi connectivity index (χ3n) is 7.01. The number of benzene rings is 4.